The van der Waals surface area contributed by atoms with E-state index < -0.39 is 0 Å². The van der Waals surface area contributed by atoms with Crippen LogP contribution < -0.4 is 0 Å². The SMILES string of the molecule is C=Cc1c(/C=C\C)c2ccccc2c2nc(-c3cccc(-c4cccc(C5=CCC(c6ccc7sc8ccccc8c7c6)C=C5)c4)c3)cnc12. The summed E-state index contributed by atoms with van der Waals surface area (Å²) in [6.45, 7) is 6.16. The normalized spacial score (nSPS) is 14.7. The number of fused-ring (bicyclic) bond motifs is 6. The van der Waals surface area contributed by atoms with Crippen LogP contribution in [0.15, 0.2) is 152 Å². The van der Waals surface area contributed by atoms with Crippen LogP contribution in [0.4, 0.5) is 0 Å². The van der Waals surface area contributed by atoms with E-state index in [1.807, 2.05) is 30.5 Å². The molecule has 238 valence electrons. The zero-order valence-electron chi connectivity index (χ0n) is 27.8. The number of rotatable bonds is 6. The number of thiophene rings is 1. The molecule has 6 aromatic carbocycles. The molecule has 8 aromatic rings. The second-order valence-corrected chi connectivity index (χ2v) is 14.0. The molecule has 50 heavy (non-hydrogen) atoms. The van der Waals surface area contributed by atoms with Crippen molar-refractivity contribution in [2.75, 3.05) is 0 Å². The van der Waals surface area contributed by atoms with Gasteiger partial charge in [-0.15, -0.1) is 11.3 Å². The van der Waals surface area contributed by atoms with Gasteiger partial charge in [0.2, 0.25) is 0 Å². The molecule has 1 aliphatic rings. The number of hydrogen-bond donors (Lipinski definition) is 0. The van der Waals surface area contributed by atoms with Gasteiger partial charge in [-0.2, -0.15) is 0 Å². The highest BCUT2D eigenvalue weighted by Crippen LogP contribution is 2.39. The molecule has 2 heterocycles. The van der Waals surface area contributed by atoms with E-state index >= 15 is 0 Å². The summed E-state index contributed by atoms with van der Waals surface area (Å²) in [6.07, 6.45) is 16.0. The number of aromatic nitrogens is 2. The summed E-state index contributed by atoms with van der Waals surface area (Å²) >= 11 is 1.88. The molecule has 0 spiro atoms. The summed E-state index contributed by atoms with van der Waals surface area (Å²) in [4.78, 5) is 10.2. The maximum Gasteiger partial charge on any atom is 0.0979 e. The first-order valence-corrected chi connectivity index (χ1v) is 18.0. The fraction of sp³-hybridized carbons (Fsp3) is 0.0638. The number of benzene rings is 6. The van der Waals surface area contributed by atoms with E-state index in [1.54, 1.807) is 0 Å². The molecule has 1 atom stereocenters. The molecule has 3 heteroatoms. The van der Waals surface area contributed by atoms with Gasteiger partial charge in [-0.05, 0) is 82.5 Å². The Morgan fingerprint density at radius 3 is 2.18 bits per heavy atom. The average molecular weight is 659 g/mol. The Morgan fingerprint density at radius 1 is 0.680 bits per heavy atom. The van der Waals surface area contributed by atoms with Crippen LogP contribution in [0.2, 0.25) is 0 Å². The molecule has 0 fully saturated rings. The first-order chi connectivity index (χ1) is 24.7. The van der Waals surface area contributed by atoms with Crippen molar-refractivity contribution in [3.05, 3.63) is 175 Å². The van der Waals surface area contributed by atoms with Gasteiger partial charge >= 0.3 is 0 Å². The molecule has 0 saturated heterocycles. The summed E-state index contributed by atoms with van der Waals surface area (Å²) in [6, 6.07) is 41.7. The summed E-state index contributed by atoms with van der Waals surface area (Å²) in [7, 11) is 0. The van der Waals surface area contributed by atoms with E-state index in [2.05, 4.69) is 152 Å². The molecule has 0 N–H and O–H groups in total. The fourth-order valence-corrected chi connectivity index (χ4v) is 8.54. The van der Waals surface area contributed by atoms with E-state index in [1.165, 1.54) is 42.4 Å². The second-order valence-electron chi connectivity index (χ2n) is 12.9. The molecule has 2 aromatic heterocycles. The first kappa shape index (κ1) is 30.2. The molecule has 9 rings (SSSR count). The van der Waals surface area contributed by atoms with Crippen LogP contribution in [-0.4, -0.2) is 9.97 Å². The summed E-state index contributed by atoms with van der Waals surface area (Å²) in [5, 5.41) is 4.97. The van der Waals surface area contributed by atoms with Crippen LogP contribution >= 0.6 is 11.3 Å². The quantitative estimate of drug-likeness (QED) is 0.166. The van der Waals surface area contributed by atoms with Crippen LogP contribution in [-0.2, 0) is 0 Å². The van der Waals surface area contributed by atoms with Gasteiger partial charge in [-0.3, -0.25) is 4.98 Å². The maximum atomic E-state index is 5.22. The lowest BCUT2D eigenvalue weighted by molar-refractivity contribution is 0.858. The molecule has 0 saturated carbocycles. The minimum absolute atomic E-state index is 0.374. The van der Waals surface area contributed by atoms with Crippen molar-refractivity contribution < 1.29 is 0 Å². The lowest BCUT2D eigenvalue weighted by Crippen LogP contribution is -1.98. The minimum Gasteiger partial charge on any atom is -0.252 e. The molecule has 0 aliphatic heterocycles. The van der Waals surface area contributed by atoms with Gasteiger partial charge in [-0.1, -0.05) is 128 Å². The summed E-state index contributed by atoms with van der Waals surface area (Å²) < 4.78 is 2.71. The van der Waals surface area contributed by atoms with E-state index in [4.69, 9.17) is 9.97 Å². The molecule has 0 bridgehead atoms. The van der Waals surface area contributed by atoms with E-state index in [0.717, 1.165) is 56.2 Å². The minimum atomic E-state index is 0.374. The summed E-state index contributed by atoms with van der Waals surface area (Å²) in [5.74, 6) is 0.374. The average Bonchev–Trinajstić information content (AvgIpc) is 3.56. The largest absolute Gasteiger partial charge is 0.252 e. The van der Waals surface area contributed by atoms with E-state index in [0.29, 0.717) is 5.92 Å². The van der Waals surface area contributed by atoms with E-state index in [9.17, 15) is 0 Å². The molecular formula is C47H34N2S. The van der Waals surface area contributed by atoms with Crippen molar-refractivity contribution >= 4 is 71.0 Å². The molecule has 2 nitrogen and oxygen atoms in total. The summed E-state index contributed by atoms with van der Waals surface area (Å²) in [5.41, 5.74) is 12.0. The maximum absolute atomic E-state index is 5.22. The van der Waals surface area contributed by atoms with Crippen molar-refractivity contribution in [1.29, 1.82) is 0 Å². The van der Waals surface area contributed by atoms with Gasteiger partial charge in [0.05, 0.1) is 22.9 Å². The number of allylic oxidation sites excluding steroid dienone is 5. The van der Waals surface area contributed by atoms with Gasteiger partial charge in [0.15, 0.2) is 0 Å². The Kier molecular flexibility index (Phi) is 7.56. The smallest absolute Gasteiger partial charge is 0.0979 e. The Balaban J connectivity index is 1.02. The third-order valence-corrected chi connectivity index (χ3v) is 11.1. The van der Waals surface area contributed by atoms with Gasteiger partial charge in [0, 0.05) is 42.6 Å². The highest BCUT2D eigenvalue weighted by Gasteiger charge is 2.17. The Morgan fingerprint density at radius 2 is 1.40 bits per heavy atom. The van der Waals surface area contributed by atoms with Crippen LogP contribution in [0.3, 0.4) is 0 Å². The van der Waals surface area contributed by atoms with Crippen LogP contribution in [0, 0.1) is 0 Å². The zero-order valence-corrected chi connectivity index (χ0v) is 28.6. The second kappa shape index (κ2) is 12.5. The molecule has 1 aliphatic carbocycles. The fourth-order valence-electron chi connectivity index (χ4n) is 7.46. The molecule has 0 radical (unpaired) electrons. The standard InChI is InChI=1S/C47H34N2S/c1-3-11-38-37(4-2)46-47(41-18-6-5-16-39(38)41)49-43(29-48-46)36-15-10-14-34(27-36)33-13-9-12-32(26-33)30-20-22-31(23-21-30)35-24-25-45-42(28-35)40-17-7-8-19-44(40)50-45/h3-22,24-29,31H,2,23H2,1H3/b11-3-. The first-order valence-electron chi connectivity index (χ1n) is 17.2. The Labute approximate surface area is 296 Å². The monoisotopic (exact) mass is 658 g/mol. The van der Waals surface area contributed by atoms with Crippen molar-refractivity contribution in [3.63, 3.8) is 0 Å². The van der Waals surface area contributed by atoms with Gasteiger partial charge in [0.1, 0.15) is 0 Å². The van der Waals surface area contributed by atoms with Crippen molar-refractivity contribution in [3.8, 4) is 22.4 Å². The van der Waals surface area contributed by atoms with Gasteiger partial charge in [-0.25, -0.2) is 4.98 Å². The lowest BCUT2D eigenvalue weighted by Gasteiger charge is -2.18. The topological polar surface area (TPSA) is 25.8 Å². The number of hydrogen-bond acceptors (Lipinski definition) is 3. The Bertz CT molecular complexity index is 2720. The van der Waals surface area contributed by atoms with Crippen LogP contribution in [0.1, 0.15) is 41.5 Å². The predicted octanol–water partition coefficient (Wildman–Crippen LogP) is 13.3. The van der Waals surface area contributed by atoms with Crippen molar-refractivity contribution in [2.24, 2.45) is 0 Å². The molecule has 1 unspecified atom stereocenters. The molecule has 0 amide bonds. The highest BCUT2D eigenvalue weighted by molar-refractivity contribution is 7.25. The van der Waals surface area contributed by atoms with E-state index in [-0.39, 0.29) is 0 Å². The predicted molar refractivity (Wildman–Crippen MR) is 217 cm³/mol. The third-order valence-electron chi connectivity index (χ3n) is 9.94. The highest BCUT2D eigenvalue weighted by atomic mass is 32.1. The zero-order chi connectivity index (χ0) is 33.6. The van der Waals surface area contributed by atoms with Crippen molar-refractivity contribution in [2.45, 2.75) is 19.3 Å². The third kappa shape index (κ3) is 5.19. The lowest BCUT2D eigenvalue weighted by atomic mass is 9.87. The van der Waals surface area contributed by atoms with Crippen LogP contribution in [0.25, 0.3) is 82.1 Å². The van der Waals surface area contributed by atoms with Gasteiger partial charge < -0.3 is 0 Å². The van der Waals surface area contributed by atoms with Gasteiger partial charge in [0.25, 0.3) is 0 Å². The Hall–Kier alpha value is -5.90. The van der Waals surface area contributed by atoms with Crippen LogP contribution in [0.5, 0.6) is 0 Å². The molecular weight excluding hydrogens is 625 g/mol. The van der Waals surface area contributed by atoms with Crippen molar-refractivity contribution in [1.82, 2.24) is 9.97 Å². The number of nitrogens with zero attached hydrogens (tertiary/aromatic N) is 2.